The summed E-state index contributed by atoms with van der Waals surface area (Å²) in [6, 6.07) is 11.4. The first-order chi connectivity index (χ1) is 14.1. The van der Waals surface area contributed by atoms with Gasteiger partial charge in [-0.2, -0.15) is 0 Å². The number of nitrogens with one attached hydrogen (secondary N) is 1. The molecule has 2 aromatic carbocycles. The Morgan fingerprint density at radius 3 is 2.32 bits per heavy atom. The van der Waals surface area contributed by atoms with Gasteiger partial charge in [0.25, 0.3) is 0 Å². The van der Waals surface area contributed by atoms with Gasteiger partial charge in [0.05, 0.1) is 6.61 Å². The number of halogens is 4. The van der Waals surface area contributed by atoms with E-state index in [2.05, 4.69) is 30.1 Å². The molecular formula is C23H34Cl4N2O2. The molecule has 0 unspecified atom stereocenters. The molecule has 176 valence electrons. The molecule has 0 aliphatic heterocycles. The van der Waals surface area contributed by atoms with Gasteiger partial charge in [-0.25, -0.2) is 0 Å². The van der Waals surface area contributed by atoms with Crippen LogP contribution in [-0.4, -0.2) is 37.7 Å². The van der Waals surface area contributed by atoms with Crippen molar-refractivity contribution >= 4 is 48.0 Å². The fourth-order valence-electron chi connectivity index (χ4n) is 3.11. The van der Waals surface area contributed by atoms with E-state index >= 15 is 0 Å². The summed E-state index contributed by atoms with van der Waals surface area (Å²) in [5.41, 5.74) is 1.96. The Hall–Kier alpha value is -0.880. The predicted molar refractivity (Wildman–Crippen MR) is 137 cm³/mol. The minimum Gasteiger partial charge on any atom is -0.490 e. The van der Waals surface area contributed by atoms with Crippen LogP contribution in [0.15, 0.2) is 36.4 Å². The van der Waals surface area contributed by atoms with Crippen LogP contribution < -0.4 is 14.8 Å². The van der Waals surface area contributed by atoms with Gasteiger partial charge in [-0.15, -0.1) is 24.8 Å². The maximum absolute atomic E-state index is 6.29. The van der Waals surface area contributed by atoms with Gasteiger partial charge < -0.3 is 19.7 Å². The van der Waals surface area contributed by atoms with E-state index in [1.807, 2.05) is 31.2 Å². The van der Waals surface area contributed by atoms with Gasteiger partial charge in [0.15, 0.2) is 11.5 Å². The molecule has 8 heteroatoms. The molecule has 0 aliphatic carbocycles. The van der Waals surface area contributed by atoms with Crippen molar-refractivity contribution in [1.82, 2.24) is 10.2 Å². The topological polar surface area (TPSA) is 33.7 Å². The first-order valence-electron chi connectivity index (χ1n) is 10.3. The molecule has 31 heavy (non-hydrogen) atoms. The fourth-order valence-corrected chi connectivity index (χ4v) is 3.58. The third kappa shape index (κ3) is 10.1. The van der Waals surface area contributed by atoms with Gasteiger partial charge in [-0.3, -0.25) is 0 Å². The first-order valence-corrected chi connectivity index (χ1v) is 11.1. The number of nitrogens with zero attached hydrogens (tertiary/aromatic N) is 1. The second-order valence-corrected chi connectivity index (χ2v) is 7.60. The molecule has 2 aromatic rings. The Labute approximate surface area is 209 Å². The van der Waals surface area contributed by atoms with E-state index in [1.165, 1.54) is 0 Å². The molecule has 0 radical (unpaired) electrons. The number of rotatable bonds is 13. The lowest BCUT2D eigenvalue weighted by Crippen LogP contribution is -2.27. The van der Waals surface area contributed by atoms with Crippen LogP contribution in [0.25, 0.3) is 0 Å². The van der Waals surface area contributed by atoms with Gasteiger partial charge in [-0.05, 0) is 57.7 Å². The fraction of sp³-hybridized carbons (Fsp3) is 0.478. The quantitative estimate of drug-likeness (QED) is 0.306. The highest BCUT2D eigenvalue weighted by atomic mass is 35.5. The first kappa shape index (κ1) is 30.1. The van der Waals surface area contributed by atoms with Crippen molar-refractivity contribution < 1.29 is 9.47 Å². The van der Waals surface area contributed by atoms with E-state index in [9.17, 15) is 0 Å². The minimum absolute atomic E-state index is 0. The third-order valence-electron chi connectivity index (χ3n) is 4.79. The summed E-state index contributed by atoms with van der Waals surface area (Å²) in [7, 11) is 0. The van der Waals surface area contributed by atoms with Crippen LogP contribution >= 0.6 is 48.0 Å². The molecular weight excluding hydrogens is 478 g/mol. The molecule has 4 nitrogen and oxygen atoms in total. The van der Waals surface area contributed by atoms with E-state index in [0.717, 1.165) is 61.8 Å². The van der Waals surface area contributed by atoms with Gasteiger partial charge in [-0.1, -0.05) is 55.2 Å². The van der Waals surface area contributed by atoms with Crippen LogP contribution in [-0.2, 0) is 13.2 Å². The molecule has 0 amide bonds. The zero-order valence-electron chi connectivity index (χ0n) is 18.5. The molecule has 0 saturated heterocycles. The van der Waals surface area contributed by atoms with Crippen molar-refractivity contribution in [2.75, 3.05) is 32.8 Å². The Kier molecular flexibility index (Phi) is 16.2. The molecule has 0 aromatic heterocycles. The molecule has 0 saturated carbocycles. The summed E-state index contributed by atoms with van der Waals surface area (Å²) in [6.45, 7) is 12.3. The monoisotopic (exact) mass is 510 g/mol. The summed E-state index contributed by atoms with van der Waals surface area (Å²) in [4.78, 5) is 2.43. The summed E-state index contributed by atoms with van der Waals surface area (Å²) >= 11 is 12.3. The normalized spacial score (nSPS) is 10.4. The summed E-state index contributed by atoms with van der Waals surface area (Å²) in [5.74, 6) is 1.51. The lowest BCUT2D eigenvalue weighted by Gasteiger charge is -2.19. The number of para-hydroxylation sites is 1. The van der Waals surface area contributed by atoms with E-state index < -0.39 is 0 Å². The molecule has 0 bridgehead atoms. The zero-order chi connectivity index (χ0) is 21.1. The molecule has 0 spiro atoms. The van der Waals surface area contributed by atoms with Crippen molar-refractivity contribution in [1.29, 1.82) is 0 Å². The van der Waals surface area contributed by atoms with Gasteiger partial charge in [0, 0.05) is 27.7 Å². The van der Waals surface area contributed by atoms with E-state index in [1.54, 1.807) is 6.07 Å². The highest BCUT2D eigenvalue weighted by molar-refractivity contribution is 6.35. The van der Waals surface area contributed by atoms with Gasteiger partial charge >= 0.3 is 0 Å². The Morgan fingerprint density at radius 2 is 1.68 bits per heavy atom. The lowest BCUT2D eigenvalue weighted by atomic mass is 10.1. The van der Waals surface area contributed by atoms with Crippen LogP contribution in [0.1, 0.15) is 38.3 Å². The maximum Gasteiger partial charge on any atom is 0.166 e. The van der Waals surface area contributed by atoms with E-state index in [4.69, 9.17) is 32.7 Å². The molecule has 0 aliphatic rings. The van der Waals surface area contributed by atoms with Crippen LogP contribution in [0.4, 0.5) is 0 Å². The smallest absolute Gasteiger partial charge is 0.166 e. The highest BCUT2D eigenvalue weighted by Gasteiger charge is 2.12. The van der Waals surface area contributed by atoms with Crippen molar-refractivity contribution in [3.8, 4) is 11.5 Å². The Morgan fingerprint density at radius 1 is 0.935 bits per heavy atom. The van der Waals surface area contributed by atoms with Crippen LogP contribution in [0.5, 0.6) is 11.5 Å². The van der Waals surface area contributed by atoms with Gasteiger partial charge in [0.1, 0.15) is 6.61 Å². The lowest BCUT2D eigenvalue weighted by molar-refractivity contribution is 0.266. The van der Waals surface area contributed by atoms with Crippen molar-refractivity contribution in [2.24, 2.45) is 0 Å². The largest absolute Gasteiger partial charge is 0.490 e. The van der Waals surface area contributed by atoms with Crippen molar-refractivity contribution in [2.45, 2.75) is 40.3 Å². The van der Waals surface area contributed by atoms with E-state index in [0.29, 0.717) is 23.3 Å². The SMILES string of the molecule is CCOc1cccc(CNCCCN(CC)CC)c1OCc1ccc(Cl)cc1Cl.Cl.Cl. The van der Waals surface area contributed by atoms with Crippen molar-refractivity contribution in [3.05, 3.63) is 57.6 Å². The van der Waals surface area contributed by atoms with Crippen LogP contribution in [0, 0.1) is 0 Å². The predicted octanol–water partition coefficient (Wildman–Crippen LogP) is 6.64. The molecule has 0 heterocycles. The zero-order valence-corrected chi connectivity index (χ0v) is 21.6. The second-order valence-electron chi connectivity index (χ2n) is 6.76. The number of hydrogen-bond donors (Lipinski definition) is 1. The molecule has 0 fully saturated rings. The standard InChI is InChI=1S/C23H32Cl2N2O2.2ClH/c1-4-27(5-2)14-8-13-26-16-18-9-7-10-22(28-6-3)23(18)29-17-19-11-12-20(24)15-21(19)25;;/h7,9-12,15,26H,4-6,8,13-14,16-17H2,1-3H3;2*1H. The molecule has 1 N–H and O–H groups in total. The molecule has 2 rings (SSSR count). The van der Waals surface area contributed by atoms with E-state index in [-0.39, 0.29) is 24.8 Å². The van der Waals surface area contributed by atoms with Gasteiger partial charge in [0.2, 0.25) is 0 Å². The summed E-state index contributed by atoms with van der Waals surface area (Å²) < 4.78 is 11.9. The van der Waals surface area contributed by atoms with Crippen LogP contribution in [0.3, 0.4) is 0 Å². The maximum atomic E-state index is 6.29. The summed E-state index contributed by atoms with van der Waals surface area (Å²) in [6.07, 6.45) is 1.11. The Bertz CT molecular complexity index is 758. The van der Waals surface area contributed by atoms with Crippen LogP contribution in [0.2, 0.25) is 10.0 Å². The number of ether oxygens (including phenoxy) is 2. The second kappa shape index (κ2) is 16.7. The molecule has 0 atom stereocenters. The van der Waals surface area contributed by atoms with Crippen molar-refractivity contribution in [3.63, 3.8) is 0 Å². The highest BCUT2D eigenvalue weighted by Crippen LogP contribution is 2.33. The Balaban J connectivity index is 0.00000450. The number of benzene rings is 2. The summed E-state index contributed by atoms with van der Waals surface area (Å²) in [5, 5.41) is 4.74. The number of hydrogen-bond acceptors (Lipinski definition) is 4. The minimum atomic E-state index is 0. The third-order valence-corrected chi connectivity index (χ3v) is 5.37. The average Bonchev–Trinajstić information content (AvgIpc) is 2.71. The average molecular weight is 512 g/mol.